The summed E-state index contributed by atoms with van der Waals surface area (Å²) in [4.78, 5) is 19.2. The summed E-state index contributed by atoms with van der Waals surface area (Å²) in [6.07, 6.45) is 12.7. The molecule has 0 aromatic rings. The predicted molar refractivity (Wildman–Crippen MR) is 242 cm³/mol. The van der Waals surface area contributed by atoms with Crippen molar-refractivity contribution in [3.63, 3.8) is 0 Å². The Morgan fingerprint density at radius 2 is 0.873 bits per heavy atom. The van der Waals surface area contributed by atoms with Crippen molar-refractivity contribution in [3.05, 3.63) is 0 Å². The molecule has 7 fully saturated rings. The third kappa shape index (κ3) is 31.2. The van der Waals surface area contributed by atoms with E-state index < -0.39 is 0 Å². The quantitative estimate of drug-likeness (QED) is 0.402. The van der Waals surface area contributed by atoms with E-state index in [0.29, 0.717) is 0 Å². The van der Waals surface area contributed by atoms with Crippen LogP contribution in [0.3, 0.4) is 0 Å². The first-order chi connectivity index (χ1) is 26.4. The fourth-order valence-electron chi connectivity index (χ4n) is 7.51. The van der Waals surface area contributed by atoms with E-state index in [1.54, 1.807) is 0 Å². The summed E-state index contributed by atoms with van der Waals surface area (Å²) in [7, 11) is 13.0. The molecule has 0 aromatic carbocycles. The third-order valence-electron chi connectivity index (χ3n) is 12.3. The van der Waals surface area contributed by atoms with Gasteiger partial charge in [-0.05, 0) is 170 Å². The lowest BCUT2D eigenvalue weighted by atomic mass is 10.00. The summed E-state index contributed by atoms with van der Waals surface area (Å²) < 4.78 is 5.10. The first-order valence-corrected chi connectivity index (χ1v) is 23.3. The van der Waals surface area contributed by atoms with E-state index in [-0.39, 0.29) is 0 Å². The monoisotopic (exact) mass is 782 g/mol. The molecule has 2 unspecified atom stereocenters. The van der Waals surface area contributed by atoms with Gasteiger partial charge in [-0.2, -0.15) is 0 Å². The molecule has 7 saturated heterocycles. The van der Waals surface area contributed by atoms with Crippen molar-refractivity contribution < 1.29 is 4.74 Å². The van der Waals surface area contributed by atoms with Crippen LogP contribution in [0, 0.1) is 17.8 Å². The number of likely N-dealkylation sites (tertiary alicyclic amines) is 3. The Balaban J connectivity index is 0.000000322. The molecule has 0 aromatic heterocycles. The third-order valence-corrected chi connectivity index (χ3v) is 12.3. The molecule has 10 nitrogen and oxygen atoms in total. The van der Waals surface area contributed by atoms with E-state index in [9.17, 15) is 0 Å². The molecule has 7 aliphatic rings. The second-order valence-electron chi connectivity index (χ2n) is 18.2. The van der Waals surface area contributed by atoms with Crippen LogP contribution in [0.5, 0.6) is 0 Å². The zero-order chi connectivity index (χ0) is 40.7. The summed E-state index contributed by atoms with van der Waals surface area (Å²) in [6.45, 7) is 38.3. The Labute approximate surface area is 345 Å². The van der Waals surface area contributed by atoms with Crippen LogP contribution < -0.4 is 5.32 Å². The van der Waals surface area contributed by atoms with Crippen molar-refractivity contribution >= 4 is 0 Å². The van der Waals surface area contributed by atoms with E-state index in [4.69, 9.17) is 4.74 Å². The Hall–Kier alpha value is -0.400. The molecule has 0 radical (unpaired) electrons. The number of likely N-dealkylation sites (N-methyl/N-ethyl adjacent to an activating group) is 5. The van der Waals surface area contributed by atoms with Crippen LogP contribution in [-0.2, 0) is 4.74 Å². The average molecular weight is 782 g/mol. The second-order valence-corrected chi connectivity index (χ2v) is 18.2. The Kier molecular flexibility index (Phi) is 33.0. The first-order valence-electron chi connectivity index (χ1n) is 23.3. The molecule has 7 aliphatic heterocycles. The van der Waals surface area contributed by atoms with E-state index in [0.717, 1.165) is 44.1 Å². The van der Waals surface area contributed by atoms with Crippen molar-refractivity contribution in [1.82, 2.24) is 44.5 Å². The molecule has 7 heterocycles. The molecule has 330 valence electrons. The number of morpholine rings is 1. The number of hydrogen-bond acceptors (Lipinski definition) is 10. The van der Waals surface area contributed by atoms with Gasteiger partial charge in [-0.3, -0.25) is 0 Å². The van der Waals surface area contributed by atoms with E-state index in [2.05, 4.69) is 121 Å². The highest BCUT2D eigenvalue weighted by molar-refractivity contribution is 4.69. The maximum absolute atomic E-state index is 5.10. The molecule has 0 amide bonds. The number of piperazine rings is 2. The number of rotatable bonds is 2. The standard InChI is InChI=1S/C8H17N.C7H16N2.C7H15N.C6H14N2.2C6H13N.C5H11NO/c1-3-9-6-4-5-8(2)7-9;1-3-9-6-4-8(2)5-7-9;2*1-7-3-5-8(2)6-4-7;1-6-3-2-4-7-5-6;1-7-5-3-2-4-6-7;1-6-2-4-7-5-3-6/h8H,3-7H2,1-2H3;3-7H2,1-2H3;7H,3-6H2,1-2H3;3-6H2,1-2H3;6-7H,2-5H2,1H3;2-6H2,1H3;2-5H2,1H3. The lowest BCUT2D eigenvalue weighted by Gasteiger charge is -2.31. The fraction of sp³-hybridized carbons (Fsp3) is 1.00. The number of hydrogen-bond donors (Lipinski definition) is 1. The maximum Gasteiger partial charge on any atom is 0.0594 e. The molecule has 0 aliphatic carbocycles. The smallest absolute Gasteiger partial charge is 0.0594 e. The molecule has 0 bridgehead atoms. The molecular formula is C45H99N9O. The molecule has 0 spiro atoms. The topological polar surface area (TPSA) is 47.2 Å². The van der Waals surface area contributed by atoms with Crippen LogP contribution in [0.1, 0.15) is 92.4 Å². The minimum absolute atomic E-state index is 0.913. The summed E-state index contributed by atoms with van der Waals surface area (Å²) >= 11 is 0. The molecule has 2 atom stereocenters. The number of nitrogens with one attached hydrogen (secondary N) is 1. The summed E-state index contributed by atoms with van der Waals surface area (Å²) in [6, 6.07) is 0. The number of piperidine rings is 4. The highest BCUT2D eigenvalue weighted by atomic mass is 16.5. The molecular weight excluding hydrogens is 683 g/mol. The maximum atomic E-state index is 5.10. The lowest BCUT2D eigenvalue weighted by Crippen LogP contribution is -2.44. The van der Waals surface area contributed by atoms with Gasteiger partial charge in [0, 0.05) is 72.0 Å². The van der Waals surface area contributed by atoms with Crippen LogP contribution in [0.25, 0.3) is 0 Å². The van der Waals surface area contributed by atoms with Crippen LogP contribution >= 0.6 is 0 Å². The predicted octanol–water partition coefficient (Wildman–Crippen LogP) is 5.26. The van der Waals surface area contributed by atoms with Gasteiger partial charge in [0.15, 0.2) is 0 Å². The Morgan fingerprint density at radius 1 is 0.418 bits per heavy atom. The van der Waals surface area contributed by atoms with Gasteiger partial charge in [-0.25, -0.2) is 0 Å². The van der Waals surface area contributed by atoms with Gasteiger partial charge in [0.05, 0.1) is 13.2 Å². The SMILES string of the molecule is CC1CCCNC1.CC1CCN(C)CC1.CCN1CCCC(C)C1.CCN1CCN(C)CC1.CN1CCCCC1.CN1CCN(C)CC1.CN1CCOCC1. The molecule has 7 rings (SSSR count). The summed E-state index contributed by atoms with van der Waals surface area (Å²) in [5.41, 5.74) is 0. The Morgan fingerprint density at radius 3 is 1.20 bits per heavy atom. The van der Waals surface area contributed by atoms with Gasteiger partial charge >= 0.3 is 0 Å². The van der Waals surface area contributed by atoms with Crippen LogP contribution in [0.2, 0.25) is 0 Å². The zero-order valence-electron chi connectivity index (χ0n) is 39.1. The highest BCUT2D eigenvalue weighted by Crippen LogP contribution is 2.15. The molecule has 1 N–H and O–H groups in total. The van der Waals surface area contributed by atoms with E-state index >= 15 is 0 Å². The van der Waals surface area contributed by atoms with Gasteiger partial charge in [0.2, 0.25) is 0 Å². The largest absolute Gasteiger partial charge is 0.379 e. The van der Waals surface area contributed by atoms with E-state index in [1.165, 1.54) is 176 Å². The van der Waals surface area contributed by atoms with Crippen LogP contribution in [0.4, 0.5) is 0 Å². The van der Waals surface area contributed by atoms with Gasteiger partial charge in [-0.1, -0.05) is 41.0 Å². The van der Waals surface area contributed by atoms with Crippen molar-refractivity contribution in [1.29, 1.82) is 0 Å². The molecule has 55 heavy (non-hydrogen) atoms. The van der Waals surface area contributed by atoms with Crippen LogP contribution in [-0.4, -0.2) is 226 Å². The van der Waals surface area contributed by atoms with Crippen molar-refractivity contribution in [3.8, 4) is 0 Å². The average Bonchev–Trinajstić information content (AvgIpc) is 3.20. The van der Waals surface area contributed by atoms with Gasteiger partial charge in [0.25, 0.3) is 0 Å². The van der Waals surface area contributed by atoms with Gasteiger partial charge in [0.1, 0.15) is 0 Å². The van der Waals surface area contributed by atoms with Crippen molar-refractivity contribution in [2.45, 2.75) is 92.4 Å². The number of ether oxygens (including phenoxy) is 1. The number of nitrogens with zero attached hydrogens (tertiary/aromatic N) is 8. The highest BCUT2D eigenvalue weighted by Gasteiger charge is 2.14. The second kappa shape index (κ2) is 34.5. The lowest BCUT2D eigenvalue weighted by molar-refractivity contribution is 0.0503. The Bertz CT molecular complexity index is 720. The van der Waals surface area contributed by atoms with Gasteiger partial charge in [-0.15, -0.1) is 0 Å². The normalized spacial score (nSPS) is 27.3. The molecule has 10 heteroatoms. The van der Waals surface area contributed by atoms with Crippen LogP contribution in [0.15, 0.2) is 0 Å². The zero-order valence-corrected chi connectivity index (χ0v) is 39.1. The fourth-order valence-corrected chi connectivity index (χ4v) is 7.51. The van der Waals surface area contributed by atoms with Crippen molar-refractivity contribution in [2.75, 3.05) is 186 Å². The van der Waals surface area contributed by atoms with Crippen molar-refractivity contribution in [2.24, 2.45) is 17.8 Å². The summed E-state index contributed by atoms with van der Waals surface area (Å²) in [5.74, 6) is 2.85. The van der Waals surface area contributed by atoms with Gasteiger partial charge < -0.3 is 49.3 Å². The first kappa shape index (κ1) is 52.6. The molecule has 0 saturated carbocycles. The van der Waals surface area contributed by atoms with E-state index in [1.807, 2.05) is 0 Å². The minimum Gasteiger partial charge on any atom is -0.379 e. The minimum atomic E-state index is 0.913. The summed E-state index contributed by atoms with van der Waals surface area (Å²) in [5, 5.41) is 3.33.